The summed E-state index contributed by atoms with van der Waals surface area (Å²) in [6.07, 6.45) is -1.70. The second kappa shape index (κ2) is 4.00. The molecule has 0 fully saturated rings. The number of pyridine rings is 1. The summed E-state index contributed by atoms with van der Waals surface area (Å²) in [5.74, 6) is 0. The highest BCUT2D eigenvalue weighted by molar-refractivity contribution is 8.13. The highest BCUT2D eigenvalue weighted by Gasteiger charge is 2.30. The number of aromatic nitrogens is 1. The Balaban J connectivity index is 3.08. The van der Waals surface area contributed by atoms with Crippen molar-refractivity contribution in [3.63, 3.8) is 0 Å². The van der Waals surface area contributed by atoms with Gasteiger partial charge in [0.25, 0.3) is 0 Å². The molecule has 0 amide bonds. The number of halogens is 3. The second-order valence-corrected chi connectivity index (χ2v) is 3.28. The fraction of sp³-hybridized carbons (Fsp3) is 0.250. The fourth-order valence-corrected chi connectivity index (χ4v) is 1.16. The molecule has 2 nitrogen and oxygen atoms in total. The minimum atomic E-state index is -4.38. The van der Waals surface area contributed by atoms with E-state index in [9.17, 15) is 13.2 Å². The van der Waals surface area contributed by atoms with Crippen LogP contribution >= 0.6 is 11.8 Å². The zero-order chi connectivity index (χ0) is 10.8. The Morgan fingerprint density at radius 3 is 2.64 bits per heavy atom. The van der Waals surface area contributed by atoms with Crippen molar-refractivity contribution in [1.29, 1.82) is 5.41 Å². The average molecular weight is 220 g/mol. The van der Waals surface area contributed by atoms with Crippen molar-refractivity contribution < 1.29 is 13.2 Å². The highest BCUT2D eigenvalue weighted by Crippen LogP contribution is 2.29. The molecule has 1 rings (SSSR count). The molecule has 14 heavy (non-hydrogen) atoms. The van der Waals surface area contributed by atoms with Gasteiger partial charge in [0.2, 0.25) is 0 Å². The van der Waals surface area contributed by atoms with Crippen LogP contribution in [0.25, 0.3) is 0 Å². The van der Waals surface area contributed by atoms with Gasteiger partial charge in [-0.25, -0.2) is 0 Å². The van der Waals surface area contributed by atoms with Crippen LogP contribution in [0.5, 0.6) is 0 Å². The Labute approximate surface area is 83.1 Å². The summed E-state index contributed by atoms with van der Waals surface area (Å²) in [6, 6.07) is 1.76. The number of hydrogen-bond acceptors (Lipinski definition) is 3. The van der Waals surface area contributed by atoms with Crippen LogP contribution in [0.15, 0.2) is 18.3 Å². The molecule has 1 aromatic heterocycles. The summed E-state index contributed by atoms with van der Waals surface area (Å²) in [5.41, 5.74) is -0.728. The molecular formula is C8H7F3N2S. The van der Waals surface area contributed by atoms with Gasteiger partial charge in [-0.05, 0) is 18.4 Å². The average Bonchev–Trinajstić information content (AvgIpc) is 2.15. The van der Waals surface area contributed by atoms with Gasteiger partial charge in [0.05, 0.1) is 11.3 Å². The first kappa shape index (κ1) is 11.0. The molecule has 0 spiro atoms. The number of rotatable bonds is 1. The van der Waals surface area contributed by atoms with Crippen LogP contribution in [0.3, 0.4) is 0 Å². The van der Waals surface area contributed by atoms with E-state index in [-0.39, 0.29) is 10.7 Å². The van der Waals surface area contributed by atoms with Gasteiger partial charge in [-0.2, -0.15) is 13.2 Å². The third-order valence-electron chi connectivity index (χ3n) is 1.52. The maximum absolute atomic E-state index is 12.2. The quantitative estimate of drug-likeness (QED) is 0.583. The van der Waals surface area contributed by atoms with Crippen LogP contribution in [0, 0.1) is 5.41 Å². The monoisotopic (exact) mass is 220 g/mol. The Hall–Kier alpha value is -1.04. The van der Waals surface area contributed by atoms with Crippen molar-refractivity contribution >= 4 is 16.8 Å². The molecule has 0 radical (unpaired) electrons. The molecule has 0 aliphatic rings. The predicted octanol–water partition coefficient (Wildman–Crippen LogP) is 2.79. The first-order chi connectivity index (χ1) is 6.45. The van der Waals surface area contributed by atoms with E-state index in [0.29, 0.717) is 0 Å². The maximum Gasteiger partial charge on any atom is 0.416 e. The molecule has 0 saturated carbocycles. The van der Waals surface area contributed by atoms with Gasteiger partial charge in [0.15, 0.2) is 0 Å². The first-order valence-corrected chi connectivity index (χ1v) is 4.84. The second-order valence-electron chi connectivity index (χ2n) is 2.46. The van der Waals surface area contributed by atoms with Gasteiger partial charge in [-0.3, -0.25) is 10.4 Å². The number of hydrogen-bond donors (Lipinski definition) is 1. The molecule has 0 saturated heterocycles. The van der Waals surface area contributed by atoms with Crippen molar-refractivity contribution in [2.75, 3.05) is 6.26 Å². The predicted molar refractivity (Wildman–Crippen MR) is 49.6 cm³/mol. The molecule has 0 aromatic carbocycles. The fourth-order valence-electron chi connectivity index (χ4n) is 0.836. The van der Waals surface area contributed by atoms with Crippen LogP contribution in [0.1, 0.15) is 11.3 Å². The van der Waals surface area contributed by atoms with E-state index in [4.69, 9.17) is 5.41 Å². The van der Waals surface area contributed by atoms with Crippen LogP contribution in [-0.4, -0.2) is 16.3 Å². The van der Waals surface area contributed by atoms with Gasteiger partial charge in [0, 0.05) is 6.20 Å². The Bertz CT molecular complexity index is 349. The number of nitrogens with one attached hydrogen (secondary N) is 1. The molecule has 76 valence electrons. The normalized spacial score (nSPS) is 11.4. The molecule has 0 unspecified atom stereocenters. The summed E-state index contributed by atoms with van der Waals surface area (Å²) in [4.78, 5) is 3.68. The van der Waals surface area contributed by atoms with E-state index < -0.39 is 11.7 Å². The van der Waals surface area contributed by atoms with Crippen molar-refractivity contribution in [3.8, 4) is 0 Å². The zero-order valence-electron chi connectivity index (χ0n) is 7.22. The maximum atomic E-state index is 12.2. The van der Waals surface area contributed by atoms with Gasteiger partial charge in [-0.1, -0.05) is 0 Å². The van der Waals surface area contributed by atoms with Gasteiger partial charge in [-0.15, -0.1) is 11.8 Å². The lowest BCUT2D eigenvalue weighted by Crippen LogP contribution is -2.07. The molecule has 0 atom stereocenters. The first-order valence-electron chi connectivity index (χ1n) is 3.61. The van der Waals surface area contributed by atoms with E-state index in [0.717, 1.165) is 30.1 Å². The summed E-state index contributed by atoms with van der Waals surface area (Å²) in [7, 11) is 0. The summed E-state index contributed by atoms with van der Waals surface area (Å²) in [6.45, 7) is 0. The number of alkyl halides is 3. The Morgan fingerprint density at radius 1 is 1.50 bits per heavy atom. The minimum Gasteiger partial charge on any atom is -0.292 e. The van der Waals surface area contributed by atoms with E-state index in [2.05, 4.69) is 4.98 Å². The molecule has 1 heterocycles. The van der Waals surface area contributed by atoms with Gasteiger partial charge < -0.3 is 0 Å². The standard InChI is InChI=1S/C8H7F3N2S/c1-14-7(12)6-4-5(2-3-13-6)8(9,10)11/h2-4,12H,1H3. The SMILES string of the molecule is CSC(=N)c1cc(C(F)(F)F)ccn1. The van der Waals surface area contributed by atoms with Crippen LogP contribution < -0.4 is 0 Å². The molecule has 0 aliphatic carbocycles. The smallest absolute Gasteiger partial charge is 0.292 e. The molecule has 1 aromatic rings. The summed E-state index contributed by atoms with van der Waals surface area (Å²) < 4.78 is 36.7. The van der Waals surface area contributed by atoms with E-state index in [1.807, 2.05) is 0 Å². The summed E-state index contributed by atoms with van der Waals surface area (Å²) in [5, 5.41) is 7.34. The molecule has 6 heteroatoms. The topological polar surface area (TPSA) is 36.7 Å². The van der Waals surface area contributed by atoms with Crippen LogP contribution in [-0.2, 0) is 6.18 Å². The minimum absolute atomic E-state index is 0.0242. The van der Waals surface area contributed by atoms with Crippen molar-refractivity contribution in [3.05, 3.63) is 29.6 Å². The Kier molecular flexibility index (Phi) is 3.15. The molecule has 1 N–H and O–H groups in total. The van der Waals surface area contributed by atoms with Crippen LogP contribution in [0.2, 0.25) is 0 Å². The lowest BCUT2D eigenvalue weighted by molar-refractivity contribution is -0.137. The van der Waals surface area contributed by atoms with Crippen molar-refractivity contribution in [1.82, 2.24) is 4.98 Å². The van der Waals surface area contributed by atoms with E-state index >= 15 is 0 Å². The van der Waals surface area contributed by atoms with E-state index in [1.54, 1.807) is 6.26 Å². The van der Waals surface area contributed by atoms with E-state index in [1.165, 1.54) is 0 Å². The highest BCUT2D eigenvalue weighted by atomic mass is 32.2. The zero-order valence-corrected chi connectivity index (χ0v) is 8.04. The molecule has 0 bridgehead atoms. The van der Waals surface area contributed by atoms with Crippen molar-refractivity contribution in [2.45, 2.75) is 6.18 Å². The third-order valence-corrected chi connectivity index (χ3v) is 2.14. The van der Waals surface area contributed by atoms with Gasteiger partial charge in [0.1, 0.15) is 5.04 Å². The van der Waals surface area contributed by atoms with Gasteiger partial charge >= 0.3 is 6.18 Å². The largest absolute Gasteiger partial charge is 0.416 e. The lowest BCUT2D eigenvalue weighted by Gasteiger charge is -2.07. The Morgan fingerprint density at radius 2 is 2.14 bits per heavy atom. The number of thioether (sulfide) groups is 1. The number of nitrogens with zero attached hydrogens (tertiary/aromatic N) is 1. The molecule has 0 aliphatic heterocycles. The lowest BCUT2D eigenvalue weighted by atomic mass is 10.2. The summed E-state index contributed by atoms with van der Waals surface area (Å²) >= 11 is 1.05. The third kappa shape index (κ3) is 2.47. The van der Waals surface area contributed by atoms with Crippen molar-refractivity contribution in [2.24, 2.45) is 0 Å². The molecular weight excluding hydrogens is 213 g/mol. The van der Waals surface area contributed by atoms with Crippen LogP contribution in [0.4, 0.5) is 13.2 Å².